The Bertz CT molecular complexity index is 291. The fourth-order valence-corrected chi connectivity index (χ4v) is 1.71. The Morgan fingerprint density at radius 1 is 1.60 bits per heavy atom. The van der Waals surface area contributed by atoms with Gasteiger partial charge in [-0.25, -0.2) is 4.79 Å². The average molecular weight is 210 g/mol. The van der Waals surface area contributed by atoms with Crippen molar-refractivity contribution in [3.63, 3.8) is 0 Å². The molecule has 1 aliphatic rings. The molecule has 2 atom stereocenters. The summed E-state index contributed by atoms with van der Waals surface area (Å²) >= 11 is 0. The average Bonchev–Trinajstić information content (AvgIpc) is 2.20. The molecule has 0 spiro atoms. The lowest BCUT2D eigenvalue weighted by atomic mass is 9.84. The quantitative estimate of drug-likeness (QED) is 0.519. The molecule has 84 valence electrons. The number of allylic oxidation sites excluding steroid dienone is 2. The second-order valence-electron chi connectivity index (χ2n) is 4.02. The van der Waals surface area contributed by atoms with Crippen molar-refractivity contribution in [1.82, 2.24) is 0 Å². The van der Waals surface area contributed by atoms with Gasteiger partial charge in [0.15, 0.2) is 0 Å². The molecule has 3 heteroatoms. The molecule has 0 aromatic carbocycles. The molecule has 0 N–H and O–H groups in total. The molecule has 1 aliphatic carbocycles. The van der Waals surface area contributed by atoms with Gasteiger partial charge in [-0.2, -0.15) is 0 Å². The minimum atomic E-state index is -0.616. The molecule has 0 heterocycles. The Morgan fingerprint density at radius 2 is 2.27 bits per heavy atom. The van der Waals surface area contributed by atoms with Gasteiger partial charge in [-0.05, 0) is 38.2 Å². The van der Waals surface area contributed by atoms with E-state index < -0.39 is 6.16 Å². The van der Waals surface area contributed by atoms with Crippen LogP contribution in [0.1, 0.15) is 26.7 Å². The van der Waals surface area contributed by atoms with Crippen molar-refractivity contribution in [3.05, 3.63) is 23.8 Å². The van der Waals surface area contributed by atoms with Crippen LogP contribution in [0.3, 0.4) is 0 Å². The fraction of sp³-hybridized carbons (Fsp3) is 0.583. The van der Waals surface area contributed by atoms with Gasteiger partial charge in [-0.3, -0.25) is 0 Å². The second-order valence-corrected chi connectivity index (χ2v) is 4.02. The minimum Gasteiger partial charge on any atom is -0.438 e. The van der Waals surface area contributed by atoms with Crippen LogP contribution in [0.4, 0.5) is 4.79 Å². The Balaban J connectivity index is 2.63. The lowest BCUT2D eigenvalue weighted by Crippen LogP contribution is -2.26. The molecule has 0 aromatic heterocycles. The lowest BCUT2D eigenvalue weighted by molar-refractivity contribution is 0.0402. The first-order valence-corrected chi connectivity index (χ1v) is 5.11. The van der Waals surface area contributed by atoms with Gasteiger partial charge < -0.3 is 9.47 Å². The summed E-state index contributed by atoms with van der Waals surface area (Å²) in [5.74, 6) is 0.406. The van der Waals surface area contributed by atoms with Crippen molar-refractivity contribution in [3.8, 4) is 0 Å². The highest BCUT2D eigenvalue weighted by molar-refractivity contribution is 5.60. The normalized spacial score (nSPS) is 25.4. The van der Waals surface area contributed by atoms with Crippen LogP contribution in [0.25, 0.3) is 0 Å². The van der Waals surface area contributed by atoms with Crippen molar-refractivity contribution in [2.24, 2.45) is 5.92 Å². The van der Waals surface area contributed by atoms with Gasteiger partial charge in [0.2, 0.25) is 0 Å². The maximum atomic E-state index is 11.0. The summed E-state index contributed by atoms with van der Waals surface area (Å²) in [7, 11) is 1.32. The van der Waals surface area contributed by atoms with Gasteiger partial charge >= 0.3 is 6.16 Å². The summed E-state index contributed by atoms with van der Waals surface area (Å²) in [4.78, 5) is 11.0. The van der Waals surface area contributed by atoms with E-state index in [4.69, 9.17) is 4.74 Å². The summed E-state index contributed by atoms with van der Waals surface area (Å²) in [6.45, 7) is 7.92. The zero-order valence-electron chi connectivity index (χ0n) is 9.58. The van der Waals surface area contributed by atoms with E-state index in [2.05, 4.69) is 17.4 Å². The van der Waals surface area contributed by atoms with Crippen molar-refractivity contribution in [1.29, 1.82) is 0 Å². The molecule has 0 saturated heterocycles. The summed E-state index contributed by atoms with van der Waals surface area (Å²) in [5, 5.41) is 0. The summed E-state index contributed by atoms with van der Waals surface area (Å²) in [6.07, 6.45) is 3.13. The highest BCUT2D eigenvalue weighted by Gasteiger charge is 2.25. The zero-order valence-corrected chi connectivity index (χ0v) is 9.58. The van der Waals surface area contributed by atoms with E-state index in [0.717, 1.165) is 24.0 Å². The van der Waals surface area contributed by atoms with Crippen molar-refractivity contribution >= 4 is 6.16 Å². The van der Waals surface area contributed by atoms with E-state index in [0.29, 0.717) is 5.92 Å². The summed E-state index contributed by atoms with van der Waals surface area (Å²) in [6, 6.07) is 0. The van der Waals surface area contributed by atoms with E-state index in [1.807, 2.05) is 13.8 Å². The number of ether oxygens (including phenoxy) is 2. The molecule has 0 aromatic rings. The van der Waals surface area contributed by atoms with E-state index in [1.54, 1.807) is 0 Å². The number of hydrogen-bond donors (Lipinski definition) is 0. The Morgan fingerprint density at radius 3 is 2.80 bits per heavy atom. The first-order chi connectivity index (χ1) is 7.04. The van der Waals surface area contributed by atoms with Crippen LogP contribution in [0.15, 0.2) is 23.8 Å². The Kier molecular flexibility index (Phi) is 3.95. The first kappa shape index (κ1) is 11.8. The number of carbonyl (C=O) groups excluding carboxylic acids is 1. The van der Waals surface area contributed by atoms with E-state index >= 15 is 0 Å². The predicted octanol–water partition coefficient (Wildman–Crippen LogP) is 3.07. The predicted molar refractivity (Wildman–Crippen MR) is 58.6 cm³/mol. The molecule has 0 aliphatic heterocycles. The van der Waals surface area contributed by atoms with Crippen LogP contribution >= 0.6 is 0 Å². The second kappa shape index (κ2) is 5.01. The van der Waals surface area contributed by atoms with Gasteiger partial charge in [-0.15, -0.1) is 0 Å². The van der Waals surface area contributed by atoms with Crippen LogP contribution in [-0.4, -0.2) is 19.4 Å². The highest BCUT2D eigenvalue weighted by Crippen LogP contribution is 2.30. The fourth-order valence-electron chi connectivity index (χ4n) is 1.71. The smallest absolute Gasteiger partial charge is 0.438 e. The van der Waals surface area contributed by atoms with Gasteiger partial charge in [0, 0.05) is 0 Å². The third-order valence-corrected chi connectivity index (χ3v) is 2.83. The third kappa shape index (κ3) is 3.11. The van der Waals surface area contributed by atoms with Crippen LogP contribution in [0.2, 0.25) is 0 Å². The number of hydrogen-bond acceptors (Lipinski definition) is 3. The standard InChI is InChI=1S/C12H18O3/c1-8(2)10-6-5-9(3)11(7-10)15-12(13)14-4/h5,10-11H,1,6-7H2,2-4H3/t10-,11+/m1/s1. The summed E-state index contributed by atoms with van der Waals surface area (Å²) < 4.78 is 9.65. The molecule has 0 unspecified atom stereocenters. The van der Waals surface area contributed by atoms with Crippen molar-refractivity contribution in [2.75, 3.05) is 7.11 Å². The Labute approximate surface area is 90.8 Å². The molecule has 1 rings (SSSR count). The number of rotatable bonds is 2. The molecule has 0 amide bonds. The topological polar surface area (TPSA) is 35.5 Å². The molecule has 0 bridgehead atoms. The molecular formula is C12H18O3. The van der Waals surface area contributed by atoms with Crippen LogP contribution in [0.5, 0.6) is 0 Å². The van der Waals surface area contributed by atoms with Crippen LogP contribution < -0.4 is 0 Å². The minimum absolute atomic E-state index is 0.159. The largest absolute Gasteiger partial charge is 0.508 e. The molecule has 15 heavy (non-hydrogen) atoms. The molecule has 0 saturated carbocycles. The van der Waals surface area contributed by atoms with Crippen LogP contribution in [0, 0.1) is 5.92 Å². The summed E-state index contributed by atoms with van der Waals surface area (Å²) in [5.41, 5.74) is 2.23. The van der Waals surface area contributed by atoms with Crippen molar-refractivity contribution < 1.29 is 14.3 Å². The third-order valence-electron chi connectivity index (χ3n) is 2.83. The Hall–Kier alpha value is -1.25. The zero-order chi connectivity index (χ0) is 11.4. The molecule has 0 fully saturated rings. The van der Waals surface area contributed by atoms with Gasteiger partial charge in [0.1, 0.15) is 6.10 Å². The van der Waals surface area contributed by atoms with Crippen molar-refractivity contribution in [2.45, 2.75) is 32.8 Å². The molecule has 0 radical (unpaired) electrons. The first-order valence-electron chi connectivity index (χ1n) is 5.11. The van der Waals surface area contributed by atoms with E-state index in [-0.39, 0.29) is 6.10 Å². The maximum Gasteiger partial charge on any atom is 0.508 e. The van der Waals surface area contributed by atoms with Gasteiger partial charge in [0.25, 0.3) is 0 Å². The molecular weight excluding hydrogens is 192 g/mol. The maximum absolute atomic E-state index is 11.0. The SMILES string of the molecule is C=C(C)[C@@H]1CC=C(C)[C@@H](OC(=O)OC)C1. The van der Waals surface area contributed by atoms with E-state index in [1.165, 1.54) is 7.11 Å². The van der Waals surface area contributed by atoms with Gasteiger partial charge in [-0.1, -0.05) is 18.2 Å². The number of methoxy groups -OCH3 is 1. The van der Waals surface area contributed by atoms with Crippen LogP contribution in [-0.2, 0) is 9.47 Å². The highest BCUT2D eigenvalue weighted by atomic mass is 16.7. The number of carbonyl (C=O) groups is 1. The monoisotopic (exact) mass is 210 g/mol. The lowest BCUT2D eigenvalue weighted by Gasteiger charge is -2.28. The van der Waals surface area contributed by atoms with Gasteiger partial charge in [0.05, 0.1) is 7.11 Å². The molecule has 3 nitrogen and oxygen atoms in total. The van der Waals surface area contributed by atoms with E-state index in [9.17, 15) is 4.79 Å².